The van der Waals surface area contributed by atoms with Gasteiger partial charge in [0.25, 0.3) is 5.91 Å². The smallest absolute Gasteiger partial charge is 0.543 e. The molecule has 12 nitrogen and oxygen atoms in total. The molecule has 2 atom stereocenters. The van der Waals surface area contributed by atoms with Crippen molar-refractivity contribution in [3.8, 4) is 0 Å². The quantitative estimate of drug-likeness (QED) is 0.121. The number of aromatic nitrogens is 4. The van der Waals surface area contributed by atoms with Crippen LogP contribution < -0.4 is 45.7 Å². The molecule has 1 aromatic heterocycles. The van der Waals surface area contributed by atoms with Crippen molar-refractivity contribution in [3.63, 3.8) is 0 Å². The molecule has 1 saturated heterocycles. The van der Waals surface area contributed by atoms with E-state index in [1.807, 2.05) is 19.0 Å². The molecule has 15 heteroatoms. The predicted molar refractivity (Wildman–Crippen MR) is 98.3 cm³/mol. The summed E-state index contributed by atoms with van der Waals surface area (Å²) in [6, 6.07) is 0. The van der Waals surface area contributed by atoms with Crippen LogP contribution in [-0.4, -0.2) is 91.5 Å². The van der Waals surface area contributed by atoms with Crippen LogP contribution in [-0.2, 0) is 20.9 Å². The number of aliphatic carboxylic acids is 1. The van der Waals surface area contributed by atoms with E-state index in [1.165, 1.54) is 23.5 Å². The molecule has 1 aromatic rings. The first-order valence-corrected chi connectivity index (χ1v) is 10.3. The van der Waals surface area contributed by atoms with Gasteiger partial charge in [-0.25, -0.2) is 4.68 Å². The molecule has 2 amide bonds. The number of carboxylic acids is 1. The zero-order valence-corrected chi connectivity index (χ0v) is 19.8. The Morgan fingerprint density at radius 1 is 1.55 bits per heavy atom. The summed E-state index contributed by atoms with van der Waals surface area (Å²) >= 11 is 2.56. The minimum atomic E-state index is -1.61. The van der Waals surface area contributed by atoms with Gasteiger partial charge in [-0.1, -0.05) is 11.8 Å². The molecular weight excluding hydrogens is 431 g/mol. The first-order valence-electron chi connectivity index (χ1n) is 8.22. The monoisotopic (exact) mass is 450 g/mol. The number of carboxylic acid groups (broad SMARTS) is 1. The summed E-state index contributed by atoms with van der Waals surface area (Å²) in [4.78, 5) is 37.9. The van der Waals surface area contributed by atoms with Crippen molar-refractivity contribution in [2.24, 2.45) is 5.73 Å². The number of rotatable bonds is 9. The van der Waals surface area contributed by atoms with E-state index in [4.69, 9.17) is 5.73 Å². The molecule has 29 heavy (non-hydrogen) atoms. The number of nitrogens with one attached hydrogen (secondary N) is 1. The Balaban J connectivity index is 0.00000300. The number of β-lactam (4-membered cyclic amide) rings is 1. The number of thioether (sulfide) groups is 2. The zero-order valence-electron chi connectivity index (χ0n) is 16.2. The summed E-state index contributed by atoms with van der Waals surface area (Å²) in [5, 5.41) is 25.4. The number of likely N-dealkylation sites (N-methyl/N-ethyl adjacent to an activating group) is 1. The van der Waals surface area contributed by atoms with Crippen LogP contribution in [0.1, 0.15) is 0 Å². The van der Waals surface area contributed by atoms with Gasteiger partial charge < -0.3 is 20.1 Å². The Hall–Kier alpha value is -1.16. The van der Waals surface area contributed by atoms with Gasteiger partial charge in [-0.15, -0.1) is 16.9 Å². The molecule has 152 valence electrons. The number of hydrogen-bond donors (Lipinski definition) is 2. The largest absolute Gasteiger partial charge is 1.00 e. The third kappa shape index (κ3) is 4.62. The molecule has 3 heterocycles. The topological polar surface area (TPSA) is 162 Å². The van der Waals surface area contributed by atoms with Crippen LogP contribution in [0.4, 0.5) is 0 Å². The Labute approximate surface area is 197 Å². The molecule has 0 unspecified atom stereocenters. The minimum Gasteiger partial charge on any atom is -0.543 e. The van der Waals surface area contributed by atoms with Crippen LogP contribution in [0.3, 0.4) is 0 Å². The number of tetrazole rings is 1. The third-order valence-corrected chi connectivity index (χ3v) is 6.77. The number of carbonyl (C=O) groups is 3. The summed E-state index contributed by atoms with van der Waals surface area (Å²) in [6.45, 7) is 1.33. The second-order valence-electron chi connectivity index (χ2n) is 6.49. The van der Waals surface area contributed by atoms with Crippen LogP contribution in [0.25, 0.3) is 0 Å². The van der Waals surface area contributed by atoms with E-state index in [2.05, 4.69) is 20.8 Å². The Morgan fingerprint density at radius 3 is 2.90 bits per heavy atom. The average molecular weight is 450 g/mol. The van der Waals surface area contributed by atoms with Crippen LogP contribution in [0, 0.1) is 0 Å². The number of carbonyl (C=O) groups excluding carboxylic acids is 3. The first kappa shape index (κ1) is 24.1. The molecule has 0 spiro atoms. The van der Waals surface area contributed by atoms with Gasteiger partial charge >= 0.3 is 29.6 Å². The molecule has 3 rings (SSSR count). The van der Waals surface area contributed by atoms with Crippen molar-refractivity contribution in [1.82, 2.24) is 35.3 Å². The van der Waals surface area contributed by atoms with Crippen molar-refractivity contribution in [2.45, 2.75) is 22.7 Å². The van der Waals surface area contributed by atoms with Gasteiger partial charge in [0, 0.05) is 18.1 Å². The Morgan fingerprint density at radius 2 is 2.28 bits per heavy atom. The number of fused-ring (bicyclic) bond motifs is 1. The van der Waals surface area contributed by atoms with Gasteiger partial charge in [0.1, 0.15) is 5.37 Å². The average Bonchev–Trinajstić information content (AvgIpc) is 3.10. The summed E-state index contributed by atoms with van der Waals surface area (Å²) in [5.74, 6) is -1.55. The normalized spacial score (nSPS) is 23.4. The van der Waals surface area contributed by atoms with E-state index in [-0.39, 0.29) is 41.0 Å². The van der Waals surface area contributed by atoms with Crippen molar-refractivity contribution in [3.05, 3.63) is 11.3 Å². The summed E-state index contributed by atoms with van der Waals surface area (Å²) in [5.41, 5.74) is 4.61. The number of nitrogens with zero attached hydrogens (tertiary/aromatic N) is 6. The summed E-state index contributed by atoms with van der Waals surface area (Å²) in [6.07, 6.45) is 0.330. The maximum absolute atomic E-state index is 12.4. The van der Waals surface area contributed by atoms with E-state index < -0.39 is 22.9 Å². The molecule has 3 N–H and O–H groups in total. The molecule has 0 aromatic carbocycles. The van der Waals surface area contributed by atoms with Crippen molar-refractivity contribution in [2.75, 3.05) is 32.1 Å². The van der Waals surface area contributed by atoms with E-state index in [0.29, 0.717) is 29.4 Å². The second-order valence-corrected chi connectivity index (χ2v) is 8.50. The van der Waals surface area contributed by atoms with E-state index in [1.54, 1.807) is 4.68 Å². The van der Waals surface area contributed by atoms with Gasteiger partial charge in [-0.05, 0) is 30.1 Å². The van der Waals surface area contributed by atoms with E-state index >= 15 is 0 Å². The molecule has 1 fully saturated rings. The van der Waals surface area contributed by atoms with Crippen molar-refractivity contribution in [1.29, 1.82) is 0 Å². The minimum absolute atomic E-state index is 0. The standard InChI is InChI=1S/C14H20N8O4S2.Na/c1-20(2)3-4-21-13(17-18-19-21)28-6-8-5-27-12-14(15,16-7-23)11(26)22(12)9(8)10(24)25;/h7,12H,3-6,15H2,1-2H3,(H,16,23)(H,24,25);/q;+1/p-1/t12-,14-;/m0./s1. The zero-order chi connectivity index (χ0) is 20.5. The van der Waals surface area contributed by atoms with Gasteiger partial charge in [0.15, 0.2) is 0 Å². The van der Waals surface area contributed by atoms with E-state index in [9.17, 15) is 19.5 Å². The number of hydrogen-bond acceptors (Lipinski definition) is 11. The number of nitrogens with two attached hydrogens (primary N) is 1. The molecular formula is C14H19N8NaO4S2. The third-order valence-electron chi connectivity index (χ3n) is 4.31. The fourth-order valence-corrected chi connectivity index (χ4v) is 5.28. The molecule has 2 aliphatic heterocycles. The van der Waals surface area contributed by atoms with E-state index in [0.717, 1.165) is 11.4 Å². The van der Waals surface area contributed by atoms with Crippen molar-refractivity contribution < 1.29 is 49.0 Å². The summed E-state index contributed by atoms with van der Waals surface area (Å²) < 4.78 is 1.64. The summed E-state index contributed by atoms with van der Waals surface area (Å²) in [7, 11) is 3.87. The van der Waals surface area contributed by atoms with Gasteiger partial charge in [-0.3, -0.25) is 20.2 Å². The van der Waals surface area contributed by atoms with Crippen LogP contribution in [0.15, 0.2) is 16.4 Å². The first-order chi connectivity index (χ1) is 13.3. The predicted octanol–water partition coefficient (Wildman–Crippen LogP) is -6.35. The maximum atomic E-state index is 12.4. The second kappa shape index (κ2) is 9.76. The Bertz CT molecular complexity index is 834. The van der Waals surface area contributed by atoms with Gasteiger partial charge in [-0.2, -0.15) is 0 Å². The fraction of sp³-hybridized carbons (Fsp3) is 0.571. The molecule has 0 bridgehead atoms. The Kier molecular flexibility index (Phi) is 8.12. The van der Waals surface area contributed by atoms with Gasteiger partial charge in [0.05, 0.1) is 18.2 Å². The molecule has 0 radical (unpaired) electrons. The molecule has 0 saturated carbocycles. The fourth-order valence-electron chi connectivity index (χ4n) is 2.86. The van der Waals surface area contributed by atoms with Crippen LogP contribution in [0.2, 0.25) is 0 Å². The SMILES string of the molecule is CN(C)CCn1nnnc1SCC1=C(C(=O)[O-])N2C(=O)[C@](N)(NC=O)[C@@H]2SC1.[Na+]. The van der Waals surface area contributed by atoms with Crippen LogP contribution >= 0.6 is 23.5 Å². The molecule has 0 aliphatic carbocycles. The molecule has 2 aliphatic rings. The number of amides is 2. The maximum Gasteiger partial charge on any atom is 1.00 e. The van der Waals surface area contributed by atoms with Crippen LogP contribution in [0.5, 0.6) is 0 Å². The van der Waals surface area contributed by atoms with Gasteiger partial charge in [0.2, 0.25) is 17.2 Å². The van der Waals surface area contributed by atoms with Crippen molar-refractivity contribution >= 4 is 41.8 Å².